The minimum Gasteiger partial charge on any atom is -0.390 e. The Kier molecular flexibility index (Phi) is 4.65. The van der Waals surface area contributed by atoms with E-state index in [1.165, 1.54) is 0 Å². The third-order valence-corrected chi connectivity index (χ3v) is 1.41. The van der Waals surface area contributed by atoms with Crippen molar-refractivity contribution in [2.24, 2.45) is 0 Å². The van der Waals surface area contributed by atoms with Gasteiger partial charge in [0.25, 0.3) is 0 Å². The molecule has 0 saturated heterocycles. The number of ether oxygens (including phenoxy) is 2. The molecule has 0 radical (unpaired) electrons. The standard InChI is InChI=1S/C8H18O3/c1-8(2,9)5-7(11-4)6-10-3/h7,9H,5-6H2,1-4H3. The first-order valence-electron chi connectivity index (χ1n) is 3.73. The van der Waals surface area contributed by atoms with Crippen LogP contribution in [0, 0.1) is 0 Å². The van der Waals surface area contributed by atoms with Gasteiger partial charge in [-0.3, -0.25) is 0 Å². The molecule has 0 amide bonds. The summed E-state index contributed by atoms with van der Waals surface area (Å²) in [4.78, 5) is 0. The summed E-state index contributed by atoms with van der Waals surface area (Å²) < 4.78 is 9.99. The fourth-order valence-electron chi connectivity index (χ4n) is 0.953. The van der Waals surface area contributed by atoms with Crippen molar-refractivity contribution in [3.63, 3.8) is 0 Å². The molecule has 68 valence electrons. The molecule has 0 aliphatic heterocycles. The Hall–Kier alpha value is -0.120. The predicted octanol–water partition coefficient (Wildman–Crippen LogP) is 0.809. The molecule has 0 saturated carbocycles. The normalized spacial score (nSPS) is 15.0. The van der Waals surface area contributed by atoms with Crippen LogP contribution < -0.4 is 0 Å². The minimum atomic E-state index is -0.681. The van der Waals surface area contributed by atoms with Gasteiger partial charge in [-0.15, -0.1) is 0 Å². The summed E-state index contributed by atoms with van der Waals surface area (Å²) >= 11 is 0. The highest BCUT2D eigenvalue weighted by Gasteiger charge is 2.19. The van der Waals surface area contributed by atoms with E-state index < -0.39 is 5.60 Å². The second-order valence-electron chi connectivity index (χ2n) is 3.33. The van der Waals surface area contributed by atoms with E-state index in [9.17, 15) is 5.11 Å². The summed E-state index contributed by atoms with van der Waals surface area (Å²) in [6.45, 7) is 4.05. The smallest absolute Gasteiger partial charge is 0.0831 e. The molecule has 3 heteroatoms. The zero-order chi connectivity index (χ0) is 8.91. The van der Waals surface area contributed by atoms with Crippen molar-refractivity contribution in [3.8, 4) is 0 Å². The quantitative estimate of drug-likeness (QED) is 0.650. The van der Waals surface area contributed by atoms with Crippen LogP contribution in [0.5, 0.6) is 0 Å². The predicted molar refractivity (Wildman–Crippen MR) is 43.6 cm³/mol. The van der Waals surface area contributed by atoms with Crippen molar-refractivity contribution in [1.29, 1.82) is 0 Å². The van der Waals surface area contributed by atoms with E-state index in [1.54, 1.807) is 28.1 Å². The van der Waals surface area contributed by atoms with Crippen LogP contribution in [0.1, 0.15) is 20.3 Å². The molecule has 0 fully saturated rings. The lowest BCUT2D eigenvalue weighted by Gasteiger charge is -2.23. The van der Waals surface area contributed by atoms with Crippen LogP contribution in [-0.2, 0) is 9.47 Å². The summed E-state index contributed by atoms with van der Waals surface area (Å²) in [6.07, 6.45) is 0.581. The number of aliphatic hydroxyl groups is 1. The topological polar surface area (TPSA) is 38.7 Å². The van der Waals surface area contributed by atoms with Crippen molar-refractivity contribution in [1.82, 2.24) is 0 Å². The zero-order valence-corrected chi connectivity index (χ0v) is 7.76. The van der Waals surface area contributed by atoms with Crippen molar-refractivity contribution >= 4 is 0 Å². The molecule has 0 spiro atoms. The molecule has 1 atom stereocenters. The third kappa shape index (κ3) is 6.28. The molecule has 1 unspecified atom stereocenters. The van der Waals surface area contributed by atoms with Gasteiger partial charge in [0.1, 0.15) is 0 Å². The van der Waals surface area contributed by atoms with Crippen molar-refractivity contribution < 1.29 is 14.6 Å². The summed E-state index contributed by atoms with van der Waals surface area (Å²) in [5.41, 5.74) is -0.681. The lowest BCUT2D eigenvalue weighted by atomic mass is 10.0. The van der Waals surface area contributed by atoms with Crippen LogP contribution in [-0.4, -0.2) is 37.6 Å². The van der Waals surface area contributed by atoms with Gasteiger partial charge in [0.05, 0.1) is 18.3 Å². The van der Waals surface area contributed by atoms with Crippen LogP contribution in [0.25, 0.3) is 0 Å². The first kappa shape index (κ1) is 10.9. The van der Waals surface area contributed by atoms with Gasteiger partial charge in [0.15, 0.2) is 0 Å². The number of rotatable bonds is 5. The molecule has 0 aliphatic rings. The first-order chi connectivity index (χ1) is 4.99. The summed E-state index contributed by atoms with van der Waals surface area (Å²) in [7, 11) is 3.24. The summed E-state index contributed by atoms with van der Waals surface area (Å²) in [5.74, 6) is 0. The maximum atomic E-state index is 9.41. The lowest BCUT2D eigenvalue weighted by Crippen LogP contribution is -2.30. The highest BCUT2D eigenvalue weighted by Crippen LogP contribution is 2.12. The van der Waals surface area contributed by atoms with Gasteiger partial charge in [-0.05, 0) is 13.8 Å². The highest BCUT2D eigenvalue weighted by atomic mass is 16.5. The van der Waals surface area contributed by atoms with E-state index in [2.05, 4.69) is 0 Å². The Balaban J connectivity index is 3.68. The van der Waals surface area contributed by atoms with Gasteiger partial charge >= 0.3 is 0 Å². The van der Waals surface area contributed by atoms with Gasteiger partial charge in [-0.1, -0.05) is 0 Å². The number of hydrogen-bond donors (Lipinski definition) is 1. The van der Waals surface area contributed by atoms with Crippen LogP contribution >= 0.6 is 0 Å². The van der Waals surface area contributed by atoms with Crippen LogP contribution in [0.2, 0.25) is 0 Å². The van der Waals surface area contributed by atoms with E-state index in [0.717, 1.165) is 0 Å². The van der Waals surface area contributed by atoms with Crippen molar-refractivity contribution in [3.05, 3.63) is 0 Å². The van der Waals surface area contributed by atoms with Crippen LogP contribution in [0.3, 0.4) is 0 Å². The SMILES string of the molecule is COCC(CC(C)(C)O)OC. The molecule has 11 heavy (non-hydrogen) atoms. The minimum absolute atomic E-state index is 0.0139. The third-order valence-electron chi connectivity index (χ3n) is 1.41. The molecular formula is C8H18O3. The molecular weight excluding hydrogens is 144 g/mol. The molecule has 0 aromatic rings. The molecule has 0 aliphatic carbocycles. The van der Waals surface area contributed by atoms with Gasteiger partial charge in [-0.25, -0.2) is 0 Å². The average molecular weight is 162 g/mol. The van der Waals surface area contributed by atoms with Crippen molar-refractivity contribution in [2.45, 2.75) is 32.0 Å². The lowest BCUT2D eigenvalue weighted by molar-refractivity contribution is -0.0324. The van der Waals surface area contributed by atoms with Crippen LogP contribution in [0.4, 0.5) is 0 Å². The Bertz CT molecular complexity index is 96.0. The maximum absolute atomic E-state index is 9.41. The molecule has 0 aromatic heterocycles. The highest BCUT2D eigenvalue weighted by molar-refractivity contribution is 4.71. The van der Waals surface area contributed by atoms with Gasteiger partial charge < -0.3 is 14.6 Å². The monoisotopic (exact) mass is 162 g/mol. The second-order valence-corrected chi connectivity index (χ2v) is 3.33. The fourth-order valence-corrected chi connectivity index (χ4v) is 0.953. The van der Waals surface area contributed by atoms with E-state index >= 15 is 0 Å². The van der Waals surface area contributed by atoms with E-state index in [1.807, 2.05) is 0 Å². The number of methoxy groups -OCH3 is 2. The van der Waals surface area contributed by atoms with Gasteiger partial charge in [-0.2, -0.15) is 0 Å². The maximum Gasteiger partial charge on any atom is 0.0831 e. The van der Waals surface area contributed by atoms with E-state index in [-0.39, 0.29) is 6.10 Å². The molecule has 0 rings (SSSR count). The molecule has 1 N–H and O–H groups in total. The fraction of sp³-hybridized carbons (Fsp3) is 1.00. The Labute approximate surface area is 68.3 Å². The average Bonchev–Trinajstić information content (AvgIpc) is 1.84. The Morgan fingerprint density at radius 2 is 1.91 bits per heavy atom. The van der Waals surface area contributed by atoms with Gasteiger partial charge in [0, 0.05) is 20.6 Å². The summed E-state index contributed by atoms with van der Waals surface area (Å²) in [6, 6.07) is 0. The molecule has 0 bridgehead atoms. The molecule has 0 heterocycles. The summed E-state index contributed by atoms with van der Waals surface area (Å²) in [5, 5.41) is 9.41. The second kappa shape index (κ2) is 4.70. The first-order valence-corrected chi connectivity index (χ1v) is 3.73. The van der Waals surface area contributed by atoms with E-state index in [0.29, 0.717) is 13.0 Å². The zero-order valence-electron chi connectivity index (χ0n) is 7.76. The number of hydrogen-bond acceptors (Lipinski definition) is 3. The van der Waals surface area contributed by atoms with Crippen molar-refractivity contribution in [2.75, 3.05) is 20.8 Å². The van der Waals surface area contributed by atoms with E-state index in [4.69, 9.17) is 9.47 Å². The largest absolute Gasteiger partial charge is 0.390 e. The Morgan fingerprint density at radius 1 is 1.36 bits per heavy atom. The van der Waals surface area contributed by atoms with Gasteiger partial charge in [0.2, 0.25) is 0 Å². The molecule has 0 aromatic carbocycles. The Morgan fingerprint density at radius 3 is 2.18 bits per heavy atom. The van der Waals surface area contributed by atoms with Crippen LogP contribution in [0.15, 0.2) is 0 Å². The molecule has 3 nitrogen and oxygen atoms in total.